The van der Waals surface area contributed by atoms with Gasteiger partial charge < -0.3 is 19.7 Å². The molecule has 4 aliphatic carbocycles. The van der Waals surface area contributed by atoms with Crippen LogP contribution in [0.25, 0.3) is 0 Å². The van der Waals surface area contributed by atoms with Crippen molar-refractivity contribution in [3.8, 4) is 11.5 Å². The van der Waals surface area contributed by atoms with E-state index in [0.717, 1.165) is 50.1 Å². The molecule has 5 fully saturated rings. The summed E-state index contributed by atoms with van der Waals surface area (Å²) in [6, 6.07) is 5.40. The summed E-state index contributed by atoms with van der Waals surface area (Å²) < 4.78 is 10.7. The third-order valence-corrected chi connectivity index (χ3v) is 8.51. The number of piperidine rings is 1. The Morgan fingerprint density at radius 3 is 2.29 bits per heavy atom. The molecule has 4 saturated carbocycles. The standard InChI is InChI=1S/C25H32N2O4/c28-23(14-25-11-16-7-17(12-25)9-18(8-16)13-25)27-5-3-20(4-6-27)26-24(29)19-1-2-21-22(10-19)31-15-30-21/h1-2,10,16-18,20H,3-9,11-15H2,(H,26,29). The first-order valence-electron chi connectivity index (χ1n) is 12.0. The largest absolute Gasteiger partial charge is 0.454 e. The van der Waals surface area contributed by atoms with Gasteiger partial charge in [-0.25, -0.2) is 0 Å². The molecular formula is C25H32N2O4. The number of fused-ring (bicyclic) bond motifs is 1. The van der Waals surface area contributed by atoms with Crippen LogP contribution in [-0.2, 0) is 4.79 Å². The van der Waals surface area contributed by atoms with Gasteiger partial charge in [-0.2, -0.15) is 0 Å². The van der Waals surface area contributed by atoms with Crippen molar-refractivity contribution in [2.24, 2.45) is 23.2 Å². The van der Waals surface area contributed by atoms with Gasteiger partial charge in [0.25, 0.3) is 5.91 Å². The third kappa shape index (κ3) is 3.68. The van der Waals surface area contributed by atoms with Crippen LogP contribution in [0.2, 0.25) is 0 Å². The number of hydrogen-bond donors (Lipinski definition) is 1. The van der Waals surface area contributed by atoms with Crippen molar-refractivity contribution in [1.82, 2.24) is 10.2 Å². The van der Waals surface area contributed by atoms with Crippen LogP contribution >= 0.6 is 0 Å². The highest BCUT2D eigenvalue weighted by Crippen LogP contribution is 2.61. The van der Waals surface area contributed by atoms with Gasteiger partial charge in [0.2, 0.25) is 12.7 Å². The molecular weight excluding hydrogens is 392 g/mol. The van der Waals surface area contributed by atoms with E-state index in [2.05, 4.69) is 10.2 Å². The van der Waals surface area contributed by atoms with E-state index in [1.54, 1.807) is 18.2 Å². The smallest absolute Gasteiger partial charge is 0.251 e. The van der Waals surface area contributed by atoms with Crippen LogP contribution in [0.1, 0.15) is 68.1 Å². The molecule has 2 amide bonds. The van der Waals surface area contributed by atoms with E-state index < -0.39 is 0 Å². The van der Waals surface area contributed by atoms with Crippen LogP contribution in [0.4, 0.5) is 0 Å². The number of nitrogens with one attached hydrogen (secondary N) is 1. The van der Waals surface area contributed by atoms with E-state index in [1.807, 2.05) is 0 Å². The zero-order valence-electron chi connectivity index (χ0n) is 18.1. The highest BCUT2D eigenvalue weighted by Gasteiger charge is 2.51. The molecule has 4 bridgehead atoms. The maximum atomic E-state index is 13.2. The molecule has 0 unspecified atom stereocenters. The minimum Gasteiger partial charge on any atom is -0.454 e. The van der Waals surface area contributed by atoms with Crippen molar-refractivity contribution in [2.45, 2.75) is 63.8 Å². The molecule has 1 aromatic rings. The Balaban J connectivity index is 1.02. The second-order valence-corrected chi connectivity index (χ2v) is 10.8. The fourth-order valence-electron chi connectivity index (χ4n) is 7.52. The van der Waals surface area contributed by atoms with E-state index in [0.29, 0.717) is 28.4 Å². The second kappa shape index (κ2) is 7.42. The summed E-state index contributed by atoms with van der Waals surface area (Å²) in [6.07, 6.45) is 10.5. The lowest BCUT2D eigenvalue weighted by Crippen LogP contribution is -2.50. The van der Waals surface area contributed by atoms with Crippen LogP contribution in [-0.4, -0.2) is 42.6 Å². The van der Waals surface area contributed by atoms with Crippen LogP contribution in [0.3, 0.4) is 0 Å². The number of carbonyl (C=O) groups is 2. The summed E-state index contributed by atoms with van der Waals surface area (Å²) in [5, 5.41) is 3.14. The Labute approximate surface area is 183 Å². The molecule has 0 atom stereocenters. The van der Waals surface area contributed by atoms with Crippen molar-refractivity contribution < 1.29 is 19.1 Å². The number of amides is 2. The first kappa shape index (κ1) is 19.4. The van der Waals surface area contributed by atoms with Gasteiger partial charge in [0.1, 0.15) is 0 Å². The third-order valence-electron chi connectivity index (χ3n) is 8.51. The molecule has 0 spiro atoms. The molecule has 0 aromatic heterocycles. The Kier molecular flexibility index (Phi) is 4.65. The van der Waals surface area contributed by atoms with Crippen LogP contribution in [0.5, 0.6) is 11.5 Å². The van der Waals surface area contributed by atoms with Gasteiger partial charge in [-0.1, -0.05) is 0 Å². The van der Waals surface area contributed by atoms with Crippen LogP contribution in [0.15, 0.2) is 18.2 Å². The normalized spacial score (nSPS) is 33.5. The molecule has 6 heteroatoms. The van der Waals surface area contributed by atoms with Crippen molar-refractivity contribution >= 4 is 11.8 Å². The Morgan fingerprint density at radius 1 is 0.968 bits per heavy atom. The van der Waals surface area contributed by atoms with E-state index in [9.17, 15) is 9.59 Å². The monoisotopic (exact) mass is 424 g/mol. The maximum absolute atomic E-state index is 13.2. The molecule has 166 valence electrons. The highest BCUT2D eigenvalue weighted by atomic mass is 16.7. The van der Waals surface area contributed by atoms with E-state index >= 15 is 0 Å². The number of carbonyl (C=O) groups excluding carboxylic acids is 2. The van der Waals surface area contributed by atoms with Crippen molar-refractivity contribution in [3.05, 3.63) is 23.8 Å². The zero-order valence-corrected chi connectivity index (χ0v) is 18.1. The summed E-state index contributed by atoms with van der Waals surface area (Å²) in [6.45, 7) is 1.70. The second-order valence-electron chi connectivity index (χ2n) is 10.8. The molecule has 2 heterocycles. The molecule has 6 nitrogen and oxygen atoms in total. The lowest BCUT2D eigenvalue weighted by Gasteiger charge is -2.57. The molecule has 7 rings (SSSR count). The SMILES string of the molecule is O=C(NC1CCN(C(=O)CC23CC4CC(CC(C4)C2)C3)CC1)c1ccc2c(c1)OCO2. The highest BCUT2D eigenvalue weighted by molar-refractivity contribution is 5.95. The summed E-state index contributed by atoms with van der Waals surface area (Å²) in [4.78, 5) is 27.9. The Morgan fingerprint density at radius 2 is 1.61 bits per heavy atom. The van der Waals surface area contributed by atoms with Crippen LogP contribution in [0, 0.1) is 23.2 Å². The minimum absolute atomic E-state index is 0.0864. The number of nitrogens with zero attached hydrogens (tertiary/aromatic N) is 1. The zero-order chi connectivity index (χ0) is 21.0. The quantitative estimate of drug-likeness (QED) is 0.800. The predicted octanol–water partition coefficient (Wildman–Crippen LogP) is 3.74. The van der Waals surface area contributed by atoms with E-state index in [4.69, 9.17) is 9.47 Å². The predicted molar refractivity (Wildman–Crippen MR) is 115 cm³/mol. The van der Waals surface area contributed by atoms with Crippen molar-refractivity contribution in [3.63, 3.8) is 0 Å². The molecule has 1 saturated heterocycles. The van der Waals surface area contributed by atoms with Gasteiger partial charge in [-0.15, -0.1) is 0 Å². The number of likely N-dealkylation sites (tertiary alicyclic amines) is 1. The number of hydrogen-bond acceptors (Lipinski definition) is 4. The van der Waals surface area contributed by atoms with Gasteiger partial charge in [-0.05, 0) is 92.7 Å². The minimum atomic E-state index is -0.0864. The molecule has 1 N–H and O–H groups in total. The van der Waals surface area contributed by atoms with E-state index in [1.165, 1.54) is 38.5 Å². The van der Waals surface area contributed by atoms with Gasteiger partial charge in [-0.3, -0.25) is 9.59 Å². The van der Waals surface area contributed by atoms with Gasteiger partial charge in [0.15, 0.2) is 11.5 Å². The number of benzene rings is 1. The maximum Gasteiger partial charge on any atom is 0.251 e. The average Bonchev–Trinajstić information content (AvgIpc) is 3.21. The average molecular weight is 425 g/mol. The summed E-state index contributed by atoms with van der Waals surface area (Å²) >= 11 is 0. The van der Waals surface area contributed by atoms with E-state index in [-0.39, 0.29) is 18.7 Å². The lowest BCUT2D eigenvalue weighted by molar-refractivity contribution is -0.140. The summed E-state index contributed by atoms with van der Waals surface area (Å²) in [7, 11) is 0. The molecule has 1 aromatic carbocycles. The van der Waals surface area contributed by atoms with Crippen molar-refractivity contribution in [2.75, 3.05) is 19.9 Å². The molecule has 0 radical (unpaired) electrons. The number of ether oxygens (including phenoxy) is 2. The first-order chi connectivity index (χ1) is 15.1. The summed E-state index contributed by atoms with van der Waals surface area (Å²) in [5.74, 6) is 4.22. The first-order valence-corrected chi connectivity index (χ1v) is 12.0. The van der Waals surface area contributed by atoms with Gasteiger partial charge in [0.05, 0.1) is 0 Å². The topological polar surface area (TPSA) is 67.9 Å². The fraction of sp³-hybridized carbons (Fsp3) is 0.680. The molecule has 6 aliphatic rings. The molecule has 31 heavy (non-hydrogen) atoms. The number of rotatable bonds is 4. The van der Waals surface area contributed by atoms with Crippen molar-refractivity contribution in [1.29, 1.82) is 0 Å². The Bertz CT molecular complexity index is 854. The van der Waals surface area contributed by atoms with Crippen LogP contribution < -0.4 is 14.8 Å². The van der Waals surface area contributed by atoms with Gasteiger partial charge >= 0.3 is 0 Å². The Hall–Kier alpha value is -2.24. The molecule has 2 aliphatic heterocycles. The lowest BCUT2D eigenvalue weighted by atomic mass is 9.49. The fourth-order valence-corrected chi connectivity index (χ4v) is 7.52. The summed E-state index contributed by atoms with van der Waals surface area (Å²) in [5.41, 5.74) is 0.889. The van der Waals surface area contributed by atoms with Gasteiger partial charge in [0, 0.05) is 31.1 Å².